The van der Waals surface area contributed by atoms with Gasteiger partial charge < -0.3 is 26.4 Å². The van der Waals surface area contributed by atoms with Gasteiger partial charge in [-0.1, -0.05) is 87.5 Å². The van der Waals surface area contributed by atoms with E-state index in [2.05, 4.69) is 36.7 Å². The molecule has 3 amide bonds. The predicted molar refractivity (Wildman–Crippen MR) is 165 cm³/mol. The molecule has 0 spiro atoms. The zero-order valence-corrected chi connectivity index (χ0v) is 23.8. The lowest BCUT2D eigenvalue weighted by molar-refractivity contribution is -0.117. The number of urea groups is 1. The number of amides is 3. The van der Waals surface area contributed by atoms with Crippen LogP contribution in [0.2, 0.25) is 0 Å². The van der Waals surface area contributed by atoms with Crippen molar-refractivity contribution in [2.45, 2.75) is 51.8 Å². The van der Waals surface area contributed by atoms with E-state index in [4.69, 9.17) is 10.5 Å². The fraction of sp³-hybridized carbons (Fsp3) is 0.235. The summed E-state index contributed by atoms with van der Waals surface area (Å²) in [6.45, 7) is 7.31. The van der Waals surface area contributed by atoms with Crippen LogP contribution < -0.4 is 26.4 Å². The first-order valence-electron chi connectivity index (χ1n) is 13.7. The van der Waals surface area contributed by atoms with Crippen molar-refractivity contribution in [3.63, 3.8) is 0 Å². The number of carbonyl (C=O) groups is 2. The minimum Gasteiger partial charge on any atom is -0.489 e. The fourth-order valence-corrected chi connectivity index (χ4v) is 4.24. The van der Waals surface area contributed by atoms with Crippen LogP contribution in [0.1, 0.15) is 43.0 Å². The maximum Gasteiger partial charge on any atom is 0.319 e. The highest BCUT2D eigenvalue weighted by atomic mass is 16.5. The van der Waals surface area contributed by atoms with Crippen molar-refractivity contribution in [1.29, 1.82) is 0 Å². The molecule has 0 bridgehead atoms. The predicted octanol–water partition coefficient (Wildman–Crippen LogP) is 6.39. The summed E-state index contributed by atoms with van der Waals surface area (Å²) in [5.41, 5.74) is 11.1. The van der Waals surface area contributed by atoms with Crippen molar-refractivity contribution in [3.8, 4) is 5.75 Å². The Hall–Kier alpha value is -4.62. The van der Waals surface area contributed by atoms with Crippen molar-refractivity contribution in [1.82, 2.24) is 5.32 Å². The minimum absolute atomic E-state index is 0.00658. The van der Waals surface area contributed by atoms with E-state index in [1.54, 1.807) is 24.3 Å². The first-order chi connectivity index (χ1) is 19.7. The Morgan fingerprint density at radius 1 is 0.732 bits per heavy atom. The van der Waals surface area contributed by atoms with Crippen molar-refractivity contribution in [2.75, 3.05) is 10.6 Å². The molecule has 4 rings (SSSR count). The minimum atomic E-state index is -0.811. The second-order valence-corrected chi connectivity index (χ2v) is 11.0. The Labute approximate surface area is 242 Å². The molecule has 0 aliphatic heterocycles. The summed E-state index contributed by atoms with van der Waals surface area (Å²) in [5.74, 6) is 0.381. The summed E-state index contributed by atoms with van der Waals surface area (Å²) < 4.78 is 5.82. The van der Waals surface area contributed by atoms with Gasteiger partial charge in [-0.05, 0) is 64.1 Å². The van der Waals surface area contributed by atoms with Crippen LogP contribution in [0.25, 0.3) is 0 Å². The molecule has 0 fully saturated rings. The number of anilines is 2. The van der Waals surface area contributed by atoms with Gasteiger partial charge in [0.1, 0.15) is 18.4 Å². The quantitative estimate of drug-likeness (QED) is 0.184. The molecule has 4 aromatic carbocycles. The molecule has 0 heterocycles. The van der Waals surface area contributed by atoms with Gasteiger partial charge in [-0.2, -0.15) is 0 Å². The number of ether oxygens (including phenoxy) is 1. The van der Waals surface area contributed by atoms with E-state index in [0.29, 0.717) is 36.7 Å². The smallest absolute Gasteiger partial charge is 0.319 e. The standard InChI is InChI=1S/C34H38N4O3/c1-34(2,3)27-13-15-28(16-14-27)36-32(39)31(21-24-9-11-25(22-35)12-10-24)38-33(40)37-29-17-19-30(20-18-29)41-23-26-7-5-4-6-8-26/h4-20,31H,21-23,35H2,1-3H3,(H,36,39)(H2,37,38,40). The molecule has 0 saturated heterocycles. The molecule has 0 aliphatic carbocycles. The van der Waals surface area contributed by atoms with Crippen molar-refractivity contribution in [3.05, 3.63) is 125 Å². The maximum atomic E-state index is 13.4. The van der Waals surface area contributed by atoms with Crippen LogP contribution in [-0.4, -0.2) is 18.0 Å². The number of hydrogen-bond donors (Lipinski definition) is 4. The van der Waals surface area contributed by atoms with Crippen LogP contribution in [0.15, 0.2) is 103 Å². The number of carbonyl (C=O) groups excluding carboxylic acids is 2. The number of hydrogen-bond acceptors (Lipinski definition) is 4. The molecule has 1 atom stereocenters. The van der Waals surface area contributed by atoms with Gasteiger partial charge in [-0.15, -0.1) is 0 Å². The number of nitrogens with two attached hydrogens (primary N) is 1. The normalized spacial score (nSPS) is 11.8. The summed E-state index contributed by atoms with van der Waals surface area (Å²) >= 11 is 0. The van der Waals surface area contributed by atoms with Gasteiger partial charge in [0.2, 0.25) is 5.91 Å². The van der Waals surface area contributed by atoms with Crippen molar-refractivity contribution < 1.29 is 14.3 Å². The summed E-state index contributed by atoms with van der Waals surface area (Å²) in [6.07, 6.45) is 0.316. The monoisotopic (exact) mass is 550 g/mol. The molecule has 7 heteroatoms. The van der Waals surface area contributed by atoms with Gasteiger partial charge in [0.15, 0.2) is 0 Å². The molecule has 4 aromatic rings. The van der Waals surface area contributed by atoms with Gasteiger partial charge in [0.05, 0.1) is 0 Å². The highest BCUT2D eigenvalue weighted by Gasteiger charge is 2.22. The van der Waals surface area contributed by atoms with E-state index < -0.39 is 12.1 Å². The Balaban J connectivity index is 1.40. The second kappa shape index (κ2) is 13.6. The first kappa shape index (κ1) is 29.4. The molecule has 0 aromatic heterocycles. The van der Waals surface area contributed by atoms with Crippen molar-refractivity contribution in [2.24, 2.45) is 5.73 Å². The SMILES string of the molecule is CC(C)(C)c1ccc(NC(=O)C(Cc2ccc(CN)cc2)NC(=O)Nc2ccc(OCc3ccccc3)cc2)cc1. The van der Waals surface area contributed by atoms with E-state index in [-0.39, 0.29) is 11.3 Å². The first-order valence-corrected chi connectivity index (χ1v) is 13.7. The average molecular weight is 551 g/mol. The Kier molecular flexibility index (Phi) is 9.77. The van der Waals surface area contributed by atoms with Crippen LogP contribution in [0.3, 0.4) is 0 Å². The molecular formula is C34H38N4O3. The number of benzene rings is 4. The zero-order valence-electron chi connectivity index (χ0n) is 23.8. The van der Waals surface area contributed by atoms with Crippen LogP contribution in [0, 0.1) is 0 Å². The van der Waals surface area contributed by atoms with E-state index in [9.17, 15) is 9.59 Å². The van der Waals surface area contributed by atoms with Gasteiger partial charge in [0.25, 0.3) is 0 Å². The second-order valence-electron chi connectivity index (χ2n) is 11.0. The summed E-state index contributed by atoms with van der Waals surface area (Å²) in [4.78, 5) is 26.3. The summed E-state index contributed by atoms with van der Waals surface area (Å²) in [5, 5.41) is 8.61. The third-order valence-electron chi connectivity index (χ3n) is 6.70. The molecule has 41 heavy (non-hydrogen) atoms. The molecule has 0 aliphatic rings. The van der Waals surface area contributed by atoms with Gasteiger partial charge in [-0.3, -0.25) is 4.79 Å². The van der Waals surface area contributed by atoms with Crippen LogP contribution in [0.4, 0.5) is 16.2 Å². The van der Waals surface area contributed by atoms with Gasteiger partial charge >= 0.3 is 6.03 Å². The third-order valence-corrected chi connectivity index (χ3v) is 6.70. The zero-order chi connectivity index (χ0) is 29.2. The van der Waals surface area contributed by atoms with Crippen molar-refractivity contribution >= 4 is 23.3 Å². The number of rotatable bonds is 10. The topological polar surface area (TPSA) is 105 Å². The van der Waals surface area contributed by atoms with Gasteiger partial charge in [-0.25, -0.2) is 4.79 Å². The highest BCUT2D eigenvalue weighted by molar-refractivity contribution is 5.99. The summed E-state index contributed by atoms with van der Waals surface area (Å²) in [6, 6.07) is 31.2. The molecule has 0 radical (unpaired) electrons. The highest BCUT2D eigenvalue weighted by Crippen LogP contribution is 2.24. The Morgan fingerprint density at radius 3 is 1.93 bits per heavy atom. The fourth-order valence-electron chi connectivity index (χ4n) is 4.24. The Morgan fingerprint density at radius 2 is 1.32 bits per heavy atom. The Bertz CT molecular complexity index is 1410. The van der Waals surface area contributed by atoms with E-state index in [0.717, 1.165) is 16.7 Å². The summed E-state index contributed by atoms with van der Waals surface area (Å²) in [7, 11) is 0. The van der Waals surface area contributed by atoms with Gasteiger partial charge in [0, 0.05) is 24.3 Å². The maximum absolute atomic E-state index is 13.4. The molecule has 5 N–H and O–H groups in total. The number of nitrogens with one attached hydrogen (secondary N) is 3. The lowest BCUT2D eigenvalue weighted by Crippen LogP contribution is -2.46. The van der Waals surface area contributed by atoms with Crippen LogP contribution >= 0.6 is 0 Å². The van der Waals surface area contributed by atoms with E-state index >= 15 is 0 Å². The van der Waals surface area contributed by atoms with Crippen LogP contribution in [0.5, 0.6) is 5.75 Å². The van der Waals surface area contributed by atoms with Crippen LogP contribution in [-0.2, 0) is 29.8 Å². The molecule has 212 valence electrons. The molecule has 7 nitrogen and oxygen atoms in total. The largest absolute Gasteiger partial charge is 0.489 e. The molecule has 1 unspecified atom stereocenters. The molecular weight excluding hydrogens is 512 g/mol. The third kappa shape index (κ3) is 8.95. The van der Waals surface area contributed by atoms with E-state index in [1.807, 2.05) is 78.9 Å². The average Bonchev–Trinajstić information content (AvgIpc) is 2.97. The lowest BCUT2D eigenvalue weighted by atomic mass is 9.87. The lowest BCUT2D eigenvalue weighted by Gasteiger charge is -2.21. The molecule has 0 saturated carbocycles. The van der Waals surface area contributed by atoms with E-state index in [1.165, 1.54) is 5.56 Å².